The van der Waals surface area contributed by atoms with Crippen LogP contribution in [0.3, 0.4) is 0 Å². The molecule has 0 saturated carbocycles. The average Bonchev–Trinajstić information content (AvgIpc) is 2.72. The minimum Gasteiger partial charge on any atom is -1.00 e. The van der Waals surface area contributed by atoms with Crippen LogP contribution in [0.1, 0.15) is 36.7 Å². The molecule has 0 aromatic heterocycles. The normalized spacial score (nSPS) is 10.7. The molecule has 0 fully saturated rings. The maximum atomic E-state index is 12.9. The molecule has 156 valence electrons. The number of amides is 1. The molecule has 0 saturated heterocycles. The van der Waals surface area contributed by atoms with E-state index < -0.39 is 4.92 Å². The number of rotatable bonds is 9. The summed E-state index contributed by atoms with van der Waals surface area (Å²) in [5, 5.41) is 13.9. The number of non-ortho nitro benzene ring substituents is 1. The number of nitro groups is 1. The molecule has 0 radical (unpaired) electrons. The molecule has 29 heavy (non-hydrogen) atoms. The van der Waals surface area contributed by atoms with Crippen LogP contribution in [0.25, 0.3) is 0 Å². The Hall–Kier alpha value is -2.58. The number of halogens is 1. The van der Waals surface area contributed by atoms with E-state index in [-0.39, 0.29) is 52.2 Å². The lowest BCUT2D eigenvalue weighted by Gasteiger charge is -2.34. The van der Waals surface area contributed by atoms with Gasteiger partial charge in [0.1, 0.15) is 0 Å². The summed E-state index contributed by atoms with van der Waals surface area (Å²) in [6, 6.07) is 12.4. The van der Waals surface area contributed by atoms with Crippen molar-refractivity contribution in [3.63, 3.8) is 0 Å². The Kier molecular flexibility index (Phi) is 9.13. The lowest BCUT2D eigenvalue weighted by molar-refractivity contribution is -0.915. The van der Waals surface area contributed by atoms with Gasteiger partial charge in [0.25, 0.3) is 11.6 Å². The summed E-state index contributed by atoms with van der Waals surface area (Å²) >= 11 is 0. The van der Waals surface area contributed by atoms with E-state index >= 15 is 0 Å². The van der Waals surface area contributed by atoms with Crippen LogP contribution in [-0.2, 0) is 4.79 Å². The Morgan fingerprint density at radius 2 is 1.59 bits per heavy atom. The quantitative estimate of drug-likeness (QED) is 0.256. The minimum absolute atomic E-state index is 0. The van der Waals surface area contributed by atoms with Crippen LogP contribution in [-0.4, -0.2) is 47.3 Å². The topological polar surface area (TPSA) is 89.3 Å². The fourth-order valence-corrected chi connectivity index (χ4v) is 3.19. The largest absolute Gasteiger partial charge is 1.00 e. The first-order chi connectivity index (χ1) is 13.4. The van der Waals surface area contributed by atoms with Crippen LogP contribution in [0.4, 0.5) is 11.4 Å². The highest BCUT2D eigenvalue weighted by molar-refractivity contribution is 6.14. The zero-order valence-electron chi connectivity index (χ0n) is 16.9. The molecule has 2 rings (SSSR count). The Bertz CT molecular complexity index is 859. The van der Waals surface area contributed by atoms with Gasteiger partial charge in [0.2, 0.25) is 0 Å². The average molecular weight is 464 g/mol. The van der Waals surface area contributed by atoms with Gasteiger partial charge in [0.05, 0.1) is 35.8 Å². The third-order valence-corrected chi connectivity index (χ3v) is 5.26. The third-order valence-electron chi connectivity index (χ3n) is 5.26. The van der Waals surface area contributed by atoms with Crippen molar-refractivity contribution in [2.75, 3.05) is 31.5 Å². The summed E-state index contributed by atoms with van der Waals surface area (Å²) in [5.74, 6) is -0.594. The maximum absolute atomic E-state index is 12.9. The van der Waals surface area contributed by atoms with Crippen LogP contribution in [0.15, 0.2) is 48.5 Å². The van der Waals surface area contributed by atoms with Crippen LogP contribution >= 0.6 is 0 Å². The van der Waals surface area contributed by atoms with E-state index in [1.54, 1.807) is 30.3 Å². The standard InChI is InChI=1S/C21H25N3O4.BrH/c1-4-24(5-2,6-3)15-20(25)22-19-13-12-17(23(27)28)14-18(19)21(26)16-10-8-7-9-11-16;/h7-14H,4-6,15H2,1-3H3;1H. The van der Waals surface area contributed by atoms with Crippen LogP contribution < -0.4 is 22.3 Å². The van der Waals surface area contributed by atoms with Crippen molar-refractivity contribution >= 4 is 23.1 Å². The maximum Gasteiger partial charge on any atom is 0.279 e. The van der Waals surface area contributed by atoms with E-state index in [1.165, 1.54) is 18.2 Å². The highest BCUT2D eigenvalue weighted by Gasteiger charge is 2.26. The first kappa shape index (κ1) is 24.5. The number of hydrogen-bond acceptors (Lipinski definition) is 4. The highest BCUT2D eigenvalue weighted by atomic mass is 79.9. The second-order valence-electron chi connectivity index (χ2n) is 6.68. The molecule has 0 spiro atoms. The number of nitrogens with one attached hydrogen (secondary N) is 1. The van der Waals surface area contributed by atoms with Crippen molar-refractivity contribution in [2.45, 2.75) is 20.8 Å². The fraction of sp³-hybridized carbons (Fsp3) is 0.333. The Morgan fingerprint density at radius 3 is 2.10 bits per heavy atom. The first-order valence-electron chi connectivity index (χ1n) is 9.39. The van der Waals surface area contributed by atoms with Crippen molar-refractivity contribution in [1.82, 2.24) is 0 Å². The van der Waals surface area contributed by atoms with Gasteiger partial charge in [0, 0.05) is 17.7 Å². The molecule has 0 atom stereocenters. The summed E-state index contributed by atoms with van der Waals surface area (Å²) in [5.41, 5.74) is 0.597. The van der Waals surface area contributed by atoms with Gasteiger partial charge in [0.15, 0.2) is 12.3 Å². The second kappa shape index (κ2) is 10.8. The molecule has 0 aliphatic carbocycles. The zero-order chi connectivity index (χ0) is 20.7. The molecule has 0 heterocycles. The predicted molar refractivity (Wildman–Crippen MR) is 108 cm³/mol. The fourth-order valence-electron chi connectivity index (χ4n) is 3.19. The van der Waals surface area contributed by atoms with Crippen LogP contribution in [0, 0.1) is 10.1 Å². The number of nitro benzene ring substituents is 1. The second-order valence-corrected chi connectivity index (χ2v) is 6.68. The number of benzene rings is 2. The van der Waals surface area contributed by atoms with E-state index in [9.17, 15) is 19.7 Å². The molecular weight excluding hydrogens is 438 g/mol. The van der Waals surface area contributed by atoms with Gasteiger partial charge in [-0.05, 0) is 26.8 Å². The van der Waals surface area contributed by atoms with Crippen molar-refractivity contribution in [1.29, 1.82) is 0 Å². The molecule has 0 bridgehead atoms. The summed E-state index contributed by atoms with van der Waals surface area (Å²) in [4.78, 5) is 36.2. The predicted octanol–water partition coefficient (Wildman–Crippen LogP) is 0.645. The Morgan fingerprint density at radius 1 is 1.00 bits per heavy atom. The Labute approximate surface area is 181 Å². The summed E-state index contributed by atoms with van der Waals surface area (Å²) < 4.78 is 0.626. The molecule has 0 aliphatic rings. The third kappa shape index (κ3) is 5.95. The van der Waals surface area contributed by atoms with Crippen molar-refractivity contribution in [3.8, 4) is 0 Å². The Balaban J connectivity index is 0.00000420. The minimum atomic E-state index is -0.555. The zero-order valence-corrected chi connectivity index (χ0v) is 18.4. The number of ketones is 1. The molecule has 2 aromatic carbocycles. The van der Waals surface area contributed by atoms with E-state index in [1.807, 2.05) is 20.8 Å². The SMILES string of the molecule is CC[N+](CC)(CC)CC(=O)Nc1ccc([N+](=O)[O-])cc1C(=O)c1ccccc1.[Br-]. The summed E-state index contributed by atoms with van der Waals surface area (Å²) in [7, 11) is 0. The molecule has 0 aliphatic heterocycles. The number of carbonyl (C=O) groups is 2. The van der Waals surface area contributed by atoms with Crippen molar-refractivity contribution in [3.05, 3.63) is 69.8 Å². The van der Waals surface area contributed by atoms with Gasteiger partial charge < -0.3 is 26.8 Å². The number of likely N-dealkylation sites (N-methyl/N-ethyl adjacent to an activating group) is 1. The molecule has 1 amide bonds. The number of anilines is 1. The van der Waals surface area contributed by atoms with Gasteiger partial charge >= 0.3 is 0 Å². The molecule has 1 N–H and O–H groups in total. The lowest BCUT2D eigenvalue weighted by Crippen LogP contribution is -3.00. The van der Waals surface area contributed by atoms with E-state index in [0.717, 1.165) is 19.6 Å². The molecular formula is C21H26BrN3O4. The van der Waals surface area contributed by atoms with Crippen molar-refractivity contribution in [2.24, 2.45) is 0 Å². The monoisotopic (exact) mass is 463 g/mol. The van der Waals surface area contributed by atoms with Crippen LogP contribution in [0.2, 0.25) is 0 Å². The molecule has 8 heteroatoms. The lowest BCUT2D eigenvalue weighted by atomic mass is 10.0. The molecule has 2 aromatic rings. The summed E-state index contributed by atoms with van der Waals surface area (Å²) in [6.45, 7) is 8.84. The van der Waals surface area contributed by atoms with Gasteiger partial charge in [-0.25, -0.2) is 0 Å². The van der Waals surface area contributed by atoms with E-state index in [0.29, 0.717) is 10.0 Å². The number of quaternary nitrogens is 1. The van der Waals surface area contributed by atoms with E-state index in [2.05, 4.69) is 5.32 Å². The molecule has 0 unspecified atom stereocenters. The summed E-state index contributed by atoms with van der Waals surface area (Å²) in [6.07, 6.45) is 0. The number of nitrogens with zero attached hydrogens (tertiary/aromatic N) is 2. The molecule has 7 nitrogen and oxygen atoms in total. The van der Waals surface area contributed by atoms with Gasteiger partial charge in [-0.15, -0.1) is 0 Å². The number of hydrogen-bond donors (Lipinski definition) is 1. The van der Waals surface area contributed by atoms with Crippen molar-refractivity contribution < 1.29 is 36.0 Å². The smallest absolute Gasteiger partial charge is 0.279 e. The van der Waals surface area contributed by atoms with Gasteiger partial charge in [-0.3, -0.25) is 19.7 Å². The van der Waals surface area contributed by atoms with Gasteiger partial charge in [-0.2, -0.15) is 0 Å². The van der Waals surface area contributed by atoms with Crippen LogP contribution in [0.5, 0.6) is 0 Å². The van der Waals surface area contributed by atoms with E-state index in [4.69, 9.17) is 0 Å². The first-order valence-corrected chi connectivity index (χ1v) is 9.39. The number of carbonyl (C=O) groups excluding carboxylic acids is 2. The highest BCUT2D eigenvalue weighted by Crippen LogP contribution is 2.25. The van der Waals surface area contributed by atoms with Gasteiger partial charge in [-0.1, -0.05) is 30.3 Å².